The number of hydrogen-bond acceptors (Lipinski definition) is 4. The van der Waals surface area contributed by atoms with Crippen LogP contribution in [0.1, 0.15) is 6.92 Å². The molecule has 1 rings (SSSR count). The summed E-state index contributed by atoms with van der Waals surface area (Å²) in [4.78, 5) is 34.2. The quantitative estimate of drug-likeness (QED) is 0.414. The highest BCUT2D eigenvalue weighted by Crippen LogP contribution is 2.03. The van der Waals surface area contributed by atoms with Crippen LogP contribution in [0.3, 0.4) is 0 Å². The zero-order valence-electron chi connectivity index (χ0n) is 7.11. The Morgan fingerprint density at radius 1 is 1.46 bits per heavy atom. The predicted octanol–water partition coefficient (Wildman–Crippen LogP) is -1.21. The zero-order valence-corrected chi connectivity index (χ0v) is 8.01. The molecule has 1 N–H and O–H groups in total. The van der Waals surface area contributed by atoms with Crippen LogP contribution in [0, 0.1) is 0 Å². The van der Waals surface area contributed by atoms with E-state index in [9.17, 15) is 14.4 Å². The zero-order chi connectivity index (χ0) is 10.0. The van der Waals surface area contributed by atoms with Crippen molar-refractivity contribution >= 4 is 30.4 Å². The Hall–Kier alpha value is -1.04. The highest BCUT2D eigenvalue weighted by atomic mass is 32.1. The number of carbonyl (C=O) groups is 3. The normalized spacial score (nSPS) is 19.7. The minimum Gasteiger partial charge on any atom is -0.323 e. The molecule has 1 aliphatic rings. The average molecular weight is 202 g/mol. The molecule has 1 saturated heterocycles. The molecule has 1 aliphatic heterocycles. The minimum atomic E-state index is -0.487. The fraction of sp³-hybridized carbons (Fsp3) is 0.571. The summed E-state index contributed by atoms with van der Waals surface area (Å²) in [5, 5.41) is 1.62. The van der Waals surface area contributed by atoms with E-state index in [0.717, 1.165) is 0 Å². The lowest BCUT2D eigenvalue weighted by Crippen LogP contribution is -2.54. The molecule has 0 aromatic heterocycles. The standard InChI is InChI=1S/C7H10N2O3S/c1-4(13)7(12)9-2-5(10)8-6(11)3-9/h4,13H,2-3H2,1H3,(H,8,10,11). The molecule has 5 nitrogen and oxygen atoms in total. The van der Waals surface area contributed by atoms with Gasteiger partial charge in [0.1, 0.15) is 13.1 Å². The van der Waals surface area contributed by atoms with Crippen molar-refractivity contribution in [2.75, 3.05) is 13.1 Å². The van der Waals surface area contributed by atoms with Crippen LogP contribution in [0.2, 0.25) is 0 Å². The van der Waals surface area contributed by atoms with Crippen molar-refractivity contribution in [3.8, 4) is 0 Å². The van der Waals surface area contributed by atoms with Crippen LogP contribution in [0.15, 0.2) is 0 Å². The Morgan fingerprint density at radius 2 is 1.92 bits per heavy atom. The molecule has 1 fully saturated rings. The van der Waals surface area contributed by atoms with Crippen molar-refractivity contribution in [3.63, 3.8) is 0 Å². The third-order valence-corrected chi connectivity index (χ3v) is 1.84. The number of imide groups is 1. The lowest BCUT2D eigenvalue weighted by atomic mass is 10.3. The highest BCUT2D eigenvalue weighted by Gasteiger charge is 2.27. The van der Waals surface area contributed by atoms with Gasteiger partial charge in [0.15, 0.2) is 0 Å². The van der Waals surface area contributed by atoms with Crippen LogP contribution in [-0.4, -0.2) is 41.0 Å². The maximum Gasteiger partial charge on any atom is 0.246 e. The smallest absolute Gasteiger partial charge is 0.246 e. The molecule has 1 unspecified atom stereocenters. The molecular formula is C7H10N2O3S. The number of nitrogens with one attached hydrogen (secondary N) is 1. The van der Waals surface area contributed by atoms with Gasteiger partial charge in [0.2, 0.25) is 17.7 Å². The molecule has 3 amide bonds. The molecule has 0 aromatic carbocycles. The van der Waals surface area contributed by atoms with Gasteiger partial charge in [-0.05, 0) is 6.92 Å². The van der Waals surface area contributed by atoms with Gasteiger partial charge >= 0.3 is 0 Å². The summed E-state index contributed by atoms with van der Waals surface area (Å²) in [6.45, 7) is 1.48. The van der Waals surface area contributed by atoms with Crippen LogP contribution in [0.25, 0.3) is 0 Å². The van der Waals surface area contributed by atoms with E-state index in [1.165, 1.54) is 4.90 Å². The first-order chi connectivity index (χ1) is 6.00. The van der Waals surface area contributed by atoms with E-state index in [-0.39, 0.29) is 19.0 Å². The molecule has 0 bridgehead atoms. The summed E-state index contributed by atoms with van der Waals surface area (Å²) in [6, 6.07) is 0. The highest BCUT2D eigenvalue weighted by molar-refractivity contribution is 7.81. The van der Waals surface area contributed by atoms with Gasteiger partial charge in [-0.1, -0.05) is 0 Å². The second kappa shape index (κ2) is 3.78. The van der Waals surface area contributed by atoms with Crippen LogP contribution in [-0.2, 0) is 14.4 Å². The lowest BCUT2D eigenvalue weighted by Gasteiger charge is -2.26. The van der Waals surface area contributed by atoms with Crippen molar-refractivity contribution < 1.29 is 14.4 Å². The van der Waals surface area contributed by atoms with Gasteiger partial charge in [-0.15, -0.1) is 0 Å². The summed E-state index contributed by atoms with van der Waals surface area (Å²) in [7, 11) is 0. The molecule has 6 heteroatoms. The number of hydrogen-bond donors (Lipinski definition) is 2. The van der Waals surface area contributed by atoms with E-state index in [0.29, 0.717) is 0 Å². The van der Waals surface area contributed by atoms with Gasteiger partial charge < -0.3 is 4.90 Å². The minimum absolute atomic E-state index is 0.0600. The van der Waals surface area contributed by atoms with Gasteiger partial charge in [0, 0.05) is 0 Å². The maximum atomic E-state index is 11.3. The van der Waals surface area contributed by atoms with E-state index in [2.05, 4.69) is 17.9 Å². The van der Waals surface area contributed by atoms with Crippen LogP contribution >= 0.6 is 12.6 Å². The first-order valence-electron chi connectivity index (χ1n) is 3.80. The largest absolute Gasteiger partial charge is 0.323 e. The summed E-state index contributed by atoms with van der Waals surface area (Å²) in [5.74, 6) is -1.19. The number of piperazine rings is 1. The summed E-state index contributed by atoms with van der Waals surface area (Å²) in [6.07, 6.45) is 0. The van der Waals surface area contributed by atoms with Crippen molar-refractivity contribution in [3.05, 3.63) is 0 Å². The summed E-state index contributed by atoms with van der Waals surface area (Å²) >= 11 is 3.93. The maximum absolute atomic E-state index is 11.3. The topological polar surface area (TPSA) is 66.5 Å². The Labute approximate surface area is 80.9 Å². The Bertz CT molecular complexity index is 248. The number of rotatable bonds is 1. The van der Waals surface area contributed by atoms with E-state index >= 15 is 0 Å². The average Bonchev–Trinajstić information content (AvgIpc) is 2.01. The number of carbonyl (C=O) groups excluding carboxylic acids is 3. The van der Waals surface area contributed by atoms with Gasteiger partial charge in [0.25, 0.3) is 0 Å². The van der Waals surface area contributed by atoms with E-state index < -0.39 is 17.1 Å². The first-order valence-corrected chi connectivity index (χ1v) is 4.32. The van der Waals surface area contributed by atoms with Crippen molar-refractivity contribution in [2.45, 2.75) is 12.2 Å². The molecule has 13 heavy (non-hydrogen) atoms. The van der Waals surface area contributed by atoms with E-state index in [4.69, 9.17) is 0 Å². The van der Waals surface area contributed by atoms with Crippen LogP contribution in [0.5, 0.6) is 0 Å². The Kier molecular flexibility index (Phi) is 2.92. The molecule has 0 aromatic rings. The van der Waals surface area contributed by atoms with E-state index in [1.807, 2.05) is 0 Å². The van der Waals surface area contributed by atoms with Crippen molar-refractivity contribution in [1.82, 2.24) is 10.2 Å². The summed E-state index contributed by atoms with van der Waals surface area (Å²) in [5.41, 5.74) is 0. The molecule has 0 aliphatic carbocycles. The van der Waals surface area contributed by atoms with E-state index in [1.54, 1.807) is 6.92 Å². The first kappa shape index (κ1) is 10.0. The fourth-order valence-electron chi connectivity index (χ4n) is 1.06. The van der Waals surface area contributed by atoms with Crippen LogP contribution < -0.4 is 5.32 Å². The molecule has 0 saturated carbocycles. The van der Waals surface area contributed by atoms with Crippen molar-refractivity contribution in [2.24, 2.45) is 0 Å². The molecule has 1 atom stereocenters. The number of amides is 3. The van der Waals surface area contributed by atoms with Gasteiger partial charge in [-0.2, -0.15) is 12.6 Å². The monoisotopic (exact) mass is 202 g/mol. The third kappa shape index (κ3) is 2.45. The summed E-state index contributed by atoms with van der Waals surface area (Å²) < 4.78 is 0. The Balaban J connectivity index is 2.65. The molecule has 1 heterocycles. The predicted molar refractivity (Wildman–Crippen MR) is 48.2 cm³/mol. The van der Waals surface area contributed by atoms with Crippen LogP contribution in [0.4, 0.5) is 0 Å². The second-order valence-electron chi connectivity index (χ2n) is 2.84. The SMILES string of the molecule is CC(S)C(=O)N1CC(=O)NC(=O)C1. The molecule has 0 spiro atoms. The molecular weight excluding hydrogens is 192 g/mol. The fourth-order valence-corrected chi connectivity index (χ4v) is 1.22. The van der Waals surface area contributed by atoms with Gasteiger partial charge in [0.05, 0.1) is 5.25 Å². The lowest BCUT2D eigenvalue weighted by molar-refractivity contribution is -0.144. The third-order valence-electron chi connectivity index (χ3n) is 1.62. The number of nitrogens with zero attached hydrogens (tertiary/aromatic N) is 1. The van der Waals surface area contributed by atoms with Gasteiger partial charge in [-0.3, -0.25) is 19.7 Å². The molecule has 0 radical (unpaired) electrons. The Morgan fingerprint density at radius 3 is 2.31 bits per heavy atom. The number of thiol groups is 1. The molecule has 72 valence electrons. The van der Waals surface area contributed by atoms with Gasteiger partial charge in [-0.25, -0.2) is 0 Å². The second-order valence-corrected chi connectivity index (χ2v) is 3.62. The van der Waals surface area contributed by atoms with Crippen molar-refractivity contribution in [1.29, 1.82) is 0 Å².